The van der Waals surface area contributed by atoms with Gasteiger partial charge in [0.15, 0.2) is 0 Å². The summed E-state index contributed by atoms with van der Waals surface area (Å²) >= 11 is 1.74. The molecule has 1 aliphatic heterocycles. The van der Waals surface area contributed by atoms with E-state index in [1.54, 1.807) is 23.9 Å². The Kier molecular flexibility index (Phi) is 8.29. The zero-order valence-electron chi connectivity index (χ0n) is 20.1. The lowest BCUT2D eigenvalue weighted by Crippen LogP contribution is -2.31. The molecule has 2 unspecified atom stereocenters. The average molecular weight is 465 g/mol. The SMILES string of the molecule is C=C(C)CCCC1CCC(CN2N=C(SC)C(c3ccccc3)C2c2ccc(F)cc2)CC1. The first-order chi connectivity index (χ1) is 16.0. The number of halogens is 1. The van der Waals surface area contributed by atoms with E-state index in [2.05, 4.69) is 55.1 Å². The summed E-state index contributed by atoms with van der Waals surface area (Å²) < 4.78 is 13.7. The van der Waals surface area contributed by atoms with E-state index in [0.29, 0.717) is 5.92 Å². The molecule has 0 saturated heterocycles. The molecule has 0 N–H and O–H groups in total. The highest BCUT2D eigenvalue weighted by molar-refractivity contribution is 8.13. The lowest BCUT2D eigenvalue weighted by molar-refractivity contribution is 0.148. The minimum Gasteiger partial charge on any atom is -0.287 e. The van der Waals surface area contributed by atoms with Gasteiger partial charge in [0, 0.05) is 6.54 Å². The Labute approximate surface area is 203 Å². The summed E-state index contributed by atoms with van der Waals surface area (Å²) in [6.07, 6.45) is 11.1. The van der Waals surface area contributed by atoms with Gasteiger partial charge in [0.25, 0.3) is 0 Å². The third-order valence-corrected chi connectivity index (χ3v) is 8.09. The second-order valence-corrected chi connectivity index (χ2v) is 10.7. The van der Waals surface area contributed by atoms with Crippen LogP contribution in [-0.2, 0) is 0 Å². The zero-order valence-corrected chi connectivity index (χ0v) is 20.9. The van der Waals surface area contributed by atoms with Crippen molar-refractivity contribution in [3.63, 3.8) is 0 Å². The summed E-state index contributed by atoms with van der Waals surface area (Å²) in [6, 6.07) is 17.8. The van der Waals surface area contributed by atoms with Crippen LogP contribution in [-0.4, -0.2) is 22.9 Å². The molecule has 1 aliphatic carbocycles. The molecule has 1 fully saturated rings. The number of thioether (sulfide) groups is 1. The van der Waals surface area contributed by atoms with Gasteiger partial charge >= 0.3 is 0 Å². The van der Waals surface area contributed by atoms with Crippen LogP contribution in [0.15, 0.2) is 71.9 Å². The molecule has 0 aromatic heterocycles. The van der Waals surface area contributed by atoms with Gasteiger partial charge in [-0.25, -0.2) is 4.39 Å². The van der Waals surface area contributed by atoms with E-state index >= 15 is 0 Å². The van der Waals surface area contributed by atoms with Gasteiger partial charge in [0.05, 0.1) is 12.0 Å². The molecule has 0 amide bonds. The van der Waals surface area contributed by atoms with Gasteiger partial charge < -0.3 is 0 Å². The molecule has 2 aromatic rings. The molecular weight excluding hydrogens is 427 g/mol. The van der Waals surface area contributed by atoms with Crippen LogP contribution in [0.1, 0.15) is 75.0 Å². The van der Waals surface area contributed by atoms with Crippen molar-refractivity contribution in [2.75, 3.05) is 12.8 Å². The van der Waals surface area contributed by atoms with Crippen LogP contribution >= 0.6 is 11.8 Å². The molecule has 2 aromatic carbocycles. The number of hydrogen-bond acceptors (Lipinski definition) is 3. The molecule has 2 nitrogen and oxygen atoms in total. The molecule has 2 atom stereocenters. The van der Waals surface area contributed by atoms with E-state index in [-0.39, 0.29) is 17.8 Å². The second-order valence-electron chi connectivity index (χ2n) is 9.89. The van der Waals surface area contributed by atoms with Gasteiger partial charge in [0.2, 0.25) is 0 Å². The predicted octanol–water partition coefficient (Wildman–Crippen LogP) is 8.20. The first-order valence-corrected chi connectivity index (χ1v) is 13.6. The third-order valence-electron chi connectivity index (χ3n) is 7.34. The highest BCUT2D eigenvalue weighted by atomic mass is 32.2. The van der Waals surface area contributed by atoms with E-state index < -0.39 is 0 Å². The maximum absolute atomic E-state index is 13.7. The molecule has 176 valence electrons. The van der Waals surface area contributed by atoms with E-state index in [9.17, 15) is 4.39 Å². The highest BCUT2D eigenvalue weighted by Crippen LogP contribution is 2.46. The van der Waals surface area contributed by atoms with Gasteiger partial charge in [-0.2, -0.15) is 5.10 Å². The Morgan fingerprint density at radius 1 is 1.00 bits per heavy atom. The van der Waals surface area contributed by atoms with Crippen LogP contribution in [0.25, 0.3) is 0 Å². The largest absolute Gasteiger partial charge is 0.287 e. The van der Waals surface area contributed by atoms with Crippen molar-refractivity contribution in [1.82, 2.24) is 5.01 Å². The van der Waals surface area contributed by atoms with Crippen molar-refractivity contribution in [2.24, 2.45) is 16.9 Å². The maximum atomic E-state index is 13.7. The Morgan fingerprint density at radius 2 is 1.67 bits per heavy atom. The number of allylic oxidation sites excluding steroid dienone is 1. The summed E-state index contributed by atoms with van der Waals surface area (Å²) in [5.41, 5.74) is 3.73. The molecule has 0 spiro atoms. The normalized spacial score (nSPS) is 25.2. The number of hydrogen-bond donors (Lipinski definition) is 0. The molecule has 1 saturated carbocycles. The molecule has 1 heterocycles. The van der Waals surface area contributed by atoms with Gasteiger partial charge in [-0.05, 0) is 74.0 Å². The van der Waals surface area contributed by atoms with Crippen molar-refractivity contribution >= 4 is 16.8 Å². The third kappa shape index (κ3) is 6.09. The lowest BCUT2D eigenvalue weighted by Gasteiger charge is -2.34. The summed E-state index contributed by atoms with van der Waals surface area (Å²) in [7, 11) is 0. The van der Waals surface area contributed by atoms with Crippen LogP contribution < -0.4 is 0 Å². The maximum Gasteiger partial charge on any atom is 0.123 e. The van der Waals surface area contributed by atoms with Gasteiger partial charge in [-0.3, -0.25) is 5.01 Å². The molecule has 2 aliphatic rings. The van der Waals surface area contributed by atoms with Crippen molar-refractivity contribution < 1.29 is 4.39 Å². The van der Waals surface area contributed by atoms with E-state index in [1.807, 2.05) is 12.1 Å². The van der Waals surface area contributed by atoms with Crippen LogP contribution in [0.4, 0.5) is 4.39 Å². The topological polar surface area (TPSA) is 15.6 Å². The smallest absolute Gasteiger partial charge is 0.123 e. The highest BCUT2D eigenvalue weighted by Gasteiger charge is 2.40. The summed E-state index contributed by atoms with van der Waals surface area (Å²) in [4.78, 5) is 0. The Morgan fingerprint density at radius 3 is 2.30 bits per heavy atom. The first-order valence-electron chi connectivity index (χ1n) is 12.4. The van der Waals surface area contributed by atoms with Gasteiger partial charge in [-0.1, -0.05) is 67.3 Å². The summed E-state index contributed by atoms with van der Waals surface area (Å²) in [5, 5.41) is 8.61. The fraction of sp³-hybridized carbons (Fsp3) is 0.483. The molecule has 33 heavy (non-hydrogen) atoms. The van der Waals surface area contributed by atoms with Crippen LogP contribution in [0.2, 0.25) is 0 Å². The summed E-state index contributed by atoms with van der Waals surface area (Å²) in [6.45, 7) is 7.16. The van der Waals surface area contributed by atoms with Crippen LogP contribution in [0, 0.1) is 17.7 Å². The number of hydrazone groups is 1. The van der Waals surface area contributed by atoms with E-state index in [0.717, 1.165) is 23.1 Å². The Hall–Kier alpha value is -2.07. The van der Waals surface area contributed by atoms with Crippen LogP contribution in [0.3, 0.4) is 0 Å². The molecule has 0 radical (unpaired) electrons. The quantitative estimate of drug-likeness (QED) is 0.366. The number of rotatable bonds is 8. The van der Waals surface area contributed by atoms with Crippen molar-refractivity contribution in [1.29, 1.82) is 0 Å². The van der Waals surface area contributed by atoms with Gasteiger partial charge in [0.1, 0.15) is 10.9 Å². The number of benzene rings is 2. The molecule has 4 heteroatoms. The summed E-state index contributed by atoms with van der Waals surface area (Å²) in [5.74, 6) is 1.54. The first kappa shape index (κ1) is 24.1. The van der Waals surface area contributed by atoms with Gasteiger partial charge in [-0.15, -0.1) is 18.3 Å². The minimum absolute atomic E-state index is 0.115. The van der Waals surface area contributed by atoms with E-state index in [1.165, 1.54) is 56.1 Å². The fourth-order valence-corrected chi connectivity index (χ4v) is 6.26. The predicted molar refractivity (Wildman–Crippen MR) is 140 cm³/mol. The lowest BCUT2D eigenvalue weighted by atomic mass is 9.79. The molecule has 0 bridgehead atoms. The Balaban J connectivity index is 1.48. The minimum atomic E-state index is -0.185. The van der Waals surface area contributed by atoms with Crippen molar-refractivity contribution in [2.45, 2.75) is 63.8 Å². The Bertz CT molecular complexity index is 932. The fourth-order valence-electron chi connectivity index (χ4n) is 5.55. The second kappa shape index (κ2) is 11.4. The van der Waals surface area contributed by atoms with Crippen LogP contribution in [0.5, 0.6) is 0 Å². The monoisotopic (exact) mass is 464 g/mol. The van der Waals surface area contributed by atoms with Crippen molar-refractivity contribution in [3.8, 4) is 0 Å². The standard InChI is InChI=1S/C29H37FN2S/c1-21(2)8-7-9-22-12-14-23(15-13-22)20-32-28(25-16-18-26(30)19-17-25)27(29(31-32)33-3)24-10-5-4-6-11-24/h4-6,10-11,16-19,22-23,27-28H,1,7-9,12-15,20H2,2-3H3. The average Bonchev–Trinajstić information content (AvgIpc) is 3.19. The molecule has 4 rings (SSSR count). The number of nitrogens with zero attached hydrogens (tertiary/aromatic N) is 2. The van der Waals surface area contributed by atoms with E-state index in [4.69, 9.17) is 5.10 Å². The van der Waals surface area contributed by atoms with Crippen molar-refractivity contribution in [3.05, 3.63) is 83.7 Å². The zero-order chi connectivity index (χ0) is 23.2. The molecular formula is C29H37FN2S.